The summed E-state index contributed by atoms with van der Waals surface area (Å²) in [7, 11) is 1.39. The summed E-state index contributed by atoms with van der Waals surface area (Å²) in [5.41, 5.74) is -0.579. The summed E-state index contributed by atoms with van der Waals surface area (Å²) in [6.45, 7) is 5.54. The number of amides is 3. The van der Waals surface area contributed by atoms with Crippen molar-refractivity contribution < 1.29 is 23.9 Å². The van der Waals surface area contributed by atoms with Gasteiger partial charge in [-0.15, -0.1) is 0 Å². The quantitative estimate of drug-likeness (QED) is 0.743. The Morgan fingerprint density at radius 3 is 2.53 bits per heavy atom. The van der Waals surface area contributed by atoms with E-state index in [1.165, 1.54) is 7.11 Å². The van der Waals surface area contributed by atoms with Gasteiger partial charge in [-0.3, -0.25) is 14.5 Å². The molecule has 7 heteroatoms. The Morgan fingerprint density at radius 1 is 1.42 bits per heavy atom. The van der Waals surface area contributed by atoms with Gasteiger partial charge in [0.1, 0.15) is 11.7 Å². The van der Waals surface area contributed by atoms with E-state index in [0.717, 1.165) is 4.90 Å². The van der Waals surface area contributed by atoms with Crippen LogP contribution in [-0.4, -0.2) is 54.7 Å². The van der Waals surface area contributed by atoms with Gasteiger partial charge in [-0.05, 0) is 20.8 Å². The van der Waals surface area contributed by atoms with Gasteiger partial charge >= 0.3 is 6.09 Å². The van der Waals surface area contributed by atoms with Crippen molar-refractivity contribution in [3.8, 4) is 0 Å². The lowest BCUT2D eigenvalue weighted by Crippen LogP contribution is -2.40. The summed E-state index contributed by atoms with van der Waals surface area (Å²) in [4.78, 5) is 35.7. The molecule has 0 spiro atoms. The molecule has 3 amide bonds. The summed E-state index contributed by atoms with van der Waals surface area (Å²) in [6.07, 6.45) is -1.22. The number of carbonyl (C=O) groups excluding carboxylic acids is 3. The summed E-state index contributed by atoms with van der Waals surface area (Å²) in [5.74, 6) is -0.652. The van der Waals surface area contributed by atoms with E-state index < -0.39 is 17.8 Å². The van der Waals surface area contributed by atoms with Crippen molar-refractivity contribution in [3.05, 3.63) is 0 Å². The van der Waals surface area contributed by atoms with Gasteiger partial charge in [0, 0.05) is 20.2 Å². The van der Waals surface area contributed by atoms with E-state index in [4.69, 9.17) is 9.47 Å². The molecular weight excluding hydrogens is 252 g/mol. The van der Waals surface area contributed by atoms with Crippen LogP contribution in [0, 0.1) is 0 Å². The summed E-state index contributed by atoms with van der Waals surface area (Å²) < 4.78 is 9.93. The molecule has 0 unspecified atom stereocenters. The van der Waals surface area contributed by atoms with E-state index in [0.29, 0.717) is 0 Å². The van der Waals surface area contributed by atoms with Crippen LogP contribution in [0.5, 0.6) is 0 Å². The van der Waals surface area contributed by atoms with Crippen LogP contribution in [0.25, 0.3) is 0 Å². The number of methoxy groups -OCH3 is 1. The highest BCUT2D eigenvalue weighted by atomic mass is 16.6. The Kier molecular flexibility index (Phi) is 4.88. The minimum absolute atomic E-state index is 0.0573. The van der Waals surface area contributed by atoms with Crippen molar-refractivity contribution in [2.75, 3.05) is 20.2 Å². The van der Waals surface area contributed by atoms with E-state index in [-0.39, 0.29) is 31.3 Å². The number of hydrogen-bond acceptors (Lipinski definition) is 5. The number of hydrogen-bond donors (Lipinski definition) is 1. The molecule has 1 aliphatic heterocycles. The maximum absolute atomic E-state index is 11.7. The Hall–Kier alpha value is -1.63. The zero-order valence-electron chi connectivity index (χ0n) is 11.7. The van der Waals surface area contributed by atoms with E-state index >= 15 is 0 Å². The molecule has 1 aliphatic rings. The third-order valence-electron chi connectivity index (χ3n) is 2.49. The molecule has 7 nitrogen and oxygen atoms in total. The minimum atomic E-state index is -0.700. The van der Waals surface area contributed by atoms with Crippen LogP contribution in [0.1, 0.15) is 27.2 Å². The van der Waals surface area contributed by atoms with Gasteiger partial charge in [-0.2, -0.15) is 0 Å². The highest BCUT2D eigenvalue weighted by Crippen LogP contribution is 2.14. The first-order chi connectivity index (χ1) is 8.74. The molecule has 108 valence electrons. The minimum Gasteiger partial charge on any atom is -0.444 e. The van der Waals surface area contributed by atoms with Gasteiger partial charge in [-0.1, -0.05) is 0 Å². The van der Waals surface area contributed by atoms with Crippen LogP contribution < -0.4 is 5.32 Å². The highest BCUT2D eigenvalue weighted by molar-refractivity contribution is 6.05. The van der Waals surface area contributed by atoms with Crippen molar-refractivity contribution in [1.29, 1.82) is 0 Å². The number of nitrogens with zero attached hydrogens (tertiary/aromatic N) is 1. The lowest BCUT2D eigenvalue weighted by Gasteiger charge is -2.20. The molecule has 19 heavy (non-hydrogen) atoms. The lowest BCUT2D eigenvalue weighted by atomic mass is 10.2. The number of nitrogens with one attached hydrogen (secondary N) is 1. The SMILES string of the molecule is CO[C@@H]1CC(=O)N(CCNC(=O)OC(C)(C)C)C1=O. The second kappa shape index (κ2) is 6.01. The molecule has 0 saturated carbocycles. The van der Waals surface area contributed by atoms with Crippen molar-refractivity contribution >= 4 is 17.9 Å². The van der Waals surface area contributed by atoms with Gasteiger partial charge in [0.2, 0.25) is 5.91 Å². The molecule has 1 fully saturated rings. The van der Waals surface area contributed by atoms with Gasteiger partial charge in [0.05, 0.1) is 6.42 Å². The fourth-order valence-corrected chi connectivity index (χ4v) is 1.66. The molecular formula is C12H20N2O5. The van der Waals surface area contributed by atoms with Crippen molar-refractivity contribution in [3.63, 3.8) is 0 Å². The molecule has 1 heterocycles. The molecule has 0 aromatic carbocycles. The average molecular weight is 272 g/mol. The number of ether oxygens (including phenoxy) is 2. The zero-order valence-corrected chi connectivity index (χ0v) is 11.7. The summed E-state index contributed by atoms with van der Waals surface area (Å²) >= 11 is 0. The van der Waals surface area contributed by atoms with Gasteiger partial charge < -0.3 is 14.8 Å². The Labute approximate surface area is 112 Å². The van der Waals surface area contributed by atoms with Crippen molar-refractivity contribution in [2.24, 2.45) is 0 Å². The Morgan fingerprint density at radius 2 is 2.05 bits per heavy atom. The zero-order chi connectivity index (χ0) is 14.6. The predicted molar refractivity (Wildman–Crippen MR) is 66.4 cm³/mol. The van der Waals surface area contributed by atoms with E-state index in [9.17, 15) is 14.4 Å². The third kappa shape index (κ3) is 4.51. The molecule has 1 saturated heterocycles. The van der Waals surface area contributed by atoms with Gasteiger partial charge in [-0.25, -0.2) is 4.79 Å². The van der Waals surface area contributed by atoms with Gasteiger partial charge in [0.15, 0.2) is 0 Å². The van der Waals surface area contributed by atoms with E-state index in [1.807, 2.05) is 0 Å². The first kappa shape index (κ1) is 15.4. The maximum atomic E-state index is 11.7. The van der Waals surface area contributed by atoms with Crippen LogP contribution in [0.2, 0.25) is 0 Å². The molecule has 1 rings (SSSR count). The van der Waals surface area contributed by atoms with Crippen LogP contribution in [0.3, 0.4) is 0 Å². The van der Waals surface area contributed by atoms with Crippen LogP contribution >= 0.6 is 0 Å². The summed E-state index contributed by atoms with van der Waals surface area (Å²) in [5, 5.41) is 2.49. The smallest absolute Gasteiger partial charge is 0.407 e. The molecule has 0 aromatic rings. The number of alkyl carbamates (subject to hydrolysis) is 1. The summed E-state index contributed by atoms with van der Waals surface area (Å²) in [6, 6.07) is 0. The Balaban J connectivity index is 2.36. The first-order valence-corrected chi connectivity index (χ1v) is 6.08. The number of likely N-dealkylation sites (tertiary alicyclic amines) is 1. The fourth-order valence-electron chi connectivity index (χ4n) is 1.66. The van der Waals surface area contributed by atoms with Crippen LogP contribution in [-0.2, 0) is 19.1 Å². The topological polar surface area (TPSA) is 84.9 Å². The molecule has 0 radical (unpaired) electrons. The third-order valence-corrected chi connectivity index (χ3v) is 2.49. The number of carbonyl (C=O) groups is 3. The van der Waals surface area contributed by atoms with Gasteiger partial charge in [0.25, 0.3) is 5.91 Å². The highest BCUT2D eigenvalue weighted by Gasteiger charge is 2.38. The average Bonchev–Trinajstić information content (AvgIpc) is 2.53. The maximum Gasteiger partial charge on any atom is 0.407 e. The van der Waals surface area contributed by atoms with E-state index in [1.54, 1.807) is 20.8 Å². The van der Waals surface area contributed by atoms with Crippen LogP contribution in [0.4, 0.5) is 4.79 Å². The lowest BCUT2D eigenvalue weighted by molar-refractivity contribution is -0.141. The Bertz CT molecular complexity index is 375. The van der Waals surface area contributed by atoms with Crippen molar-refractivity contribution in [1.82, 2.24) is 10.2 Å². The molecule has 1 N–H and O–H groups in total. The largest absolute Gasteiger partial charge is 0.444 e. The molecule has 1 atom stereocenters. The monoisotopic (exact) mass is 272 g/mol. The van der Waals surface area contributed by atoms with E-state index in [2.05, 4.69) is 5.32 Å². The normalized spacial score (nSPS) is 19.8. The number of imide groups is 1. The van der Waals surface area contributed by atoms with Crippen molar-refractivity contribution in [2.45, 2.75) is 38.9 Å². The number of rotatable bonds is 4. The fraction of sp³-hybridized carbons (Fsp3) is 0.750. The molecule has 0 aliphatic carbocycles. The first-order valence-electron chi connectivity index (χ1n) is 6.08. The van der Waals surface area contributed by atoms with Crippen LogP contribution in [0.15, 0.2) is 0 Å². The molecule has 0 bridgehead atoms. The standard InChI is InChI=1S/C12H20N2O5/c1-12(2,3)19-11(17)13-5-6-14-9(15)7-8(18-4)10(14)16/h8H,5-7H2,1-4H3,(H,13,17)/t8-/m1/s1. The second-order valence-electron chi connectivity index (χ2n) is 5.24. The predicted octanol–water partition coefficient (Wildman–Crippen LogP) is 0.285. The molecule has 0 aromatic heterocycles. The second-order valence-corrected chi connectivity index (χ2v) is 5.24.